The van der Waals surface area contributed by atoms with Crippen LogP contribution in [0.5, 0.6) is 5.75 Å². The Morgan fingerprint density at radius 3 is 2.47 bits per heavy atom. The van der Waals surface area contributed by atoms with Crippen LogP contribution in [0.1, 0.15) is 38.7 Å². The third kappa shape index (κ3) is 4.04. The van der Waals surface area contributed by atoms with Crippen LogP contribution in [0.4, 0.5) is 0 Å². The summed E-state index contributed by atoms with van der Waals surface area (Å²) in [5.74, 6) is 1.27. The van der Waals surface area contributed by atoms with Crippen molar-refractivity contribution in [2.75, 3.05) is 0 Å². The second-order valence-electron chi connectivity index (χ2n) is 5.40. The zero-order chi connectivity index (χ0) is 12.3. The van der Waals surface area contributed by atoms with Crippen molar-refractivity contribution in [3.8, 4) is 5.75 Å². The summed E-state index contributed by atoms with van der Waals surface area (Å²) in [6.45, 7) is 4.56. The summed E-state index contributed by atoms with van der Waals surface area (Å²) in [5, 5.41) is 12.9. The van der Waals surface area contributed by atoms with Crippen LogP contribution >= 0.6 is 0 Å². The van der Waals surface area contributed by atoms with Crippen molar-refractivity contribution in [3.63, 3.8) is 0 Å². The van der Waals surface area contributed by atoms with E-state index in [1.165, 1.54) is 18.4 Å². The first-order valence-corrected chi connectivity index (χ1v) is 6.69. The average molecular weight is 233 g/mol. The Morgan fingerprint density at radius 2 is 1.88 bits per heavy atom. The third-order valence-corrected chi connectivity index (χ3v) is 3.68. The van der Waals surface area contributed by atoms with E-state index >= 15 is 0 Å². The predicted molar refractivity (Wildman–Crippen MR) is 71.2 cm³/mol. The van der Waals surface area contributed by atoms with Gasteiger partial charge in [-0.3, -0.25) is 0 Å². The van der Waals surface area contributed by atoms with Crippen molar-refractivity contribution < 1.29 is 5.11 Å². The fourth-order valence-corrected chi connectivity index (χ4v) is 2.31. The molecule has 1 aliphatic carbocycles. The van der Waals surface area contributed by atoms with Crippen molar-refractivity contribution >= 4 is 0 Å². The molecule has 1 saturated carbocycles. The van der Waals surface area contributed by atoms with Gasteiger partial charge in [0.25, 0.3) is 0 Å². The predicted octanol–water partition coefficient (Wildman–Crippen LogP) is 3.10. The van der Waals surface area contributed by atoms with Crippen LogP contribution in [-0.2, 0) is 6.42 Å². The second-order valence-corrected chi connectivity index (χ2v) is 5.40. The van der Waals surface area contributed by atoms with E-state index in [9.17, 15) is 5.11 Å². The highest BCUT2D eigenvalue weighted by atomic mass is 16.3. The third-order valence-electron chi connectivity index (χ3n) is 3.68. The standard InChI is InChI=1S/C15H23NO/c1-11(16-12(2)14-7-8-14)3-4-13-5-9-15(17)10-6-13/h5-6,9-12,14,16-17H,3-4,7-8H2,1-2H3. The van der Waals surface area contributed by atoms with Crippen LogP contribution in [0.25, 0.3) is 0 Å². The van der Waals surface area contributed by atoms with Gasteiger partial charge in [-0.25, -0.2) is 0 Å². The molecule has 0 radical (unpaired) electrons. The van der Waals surface area contributed by atoms with Crippen LogP contribution < -0.4 is 5.32 Å². The maximum Gasteiger partial charge on any atom is 0.115 e. The van der Waals surface area contributed by atoms with Gasteiger partial charge in [-0.05, 0) is 63.1 Å². The van der Waals surface area contributed by atoms with Gasteiger partial charge in [0.15, 0.2) is 0 Å². The van der Waals surface area contributed by atoms with E-state index in [-0.39, 0.29) is 0 Å². The van der Waals surface area contributed by atoms with Gasteiger partial charge in [0.1, 0.15) is 5.75 Å². The van der Waals surface area contributed by atoms with Crippen LogP contribution in [0.2, 0.25) is 0 Å². The fourth-order valence-electron chi connectivity index (χ4n) is 2.31. The highest BCUT2D eigenvalue weighted by Crippen LogP contribution is 2.32. The first-order chi connectivity index (χ1) is 8.15. The molecule has 1 aromatic rings. The lowest BCUT2D eigenvalue weighted by atomic mass is 10.0. The van der Waals surface area contributed by atoms with Crippen molar-refractivity contribution in [1.82, 2.24) is 5.32 Å². The molecule has 0 amide bonds. The molecule has 0 heterocycles. The molecular weight excluding hydrogens is 210 g/mol. The van der Waals surface area contributed by atoms with Crippen LogP contribution in [0.15, 0.2) is 24.3 Å². The second kappa shape index (κ2) is 5.54. The van der Waals surface area contributed by atoms with Crippen LogP contribution in [0, 0.1) is 5.92 Å². The van der Waals surface area contributed by atoms with Gasteiger partial charge in [0, 0.05) is 12.1 Å². The smallest absolute Gasteiger partial charge is 0.115 e. The lowest BCUT2D eigenvalue weighted by molar-refractivity contribution is 0.416. The normalized spacial score (nSPS) is 18.9. The number of aromatic hydroxyl groups is 1. The Balaban J connectivity index is 1.71. The van der Waals surface area contributed by atoms with E-state index in [0.29, 0.717) is 17.8 Å². The highest BCUT2D eigenvalue weighted by Gasteiger charge is 2.28. The molecule has 0 aromatic heterocycles. The summed E-state index contributed by atoms with van der Waals surface area (Å²) in [6, 6.07) is 8.78. The minimum absolute atomic E-state index is 0.349. The van der Waals surface area contributed by atoms with E-state index in [2.05, 4.69) is 19.2 Å². The monoisotopic (exact) mass is 233 g/mol. The molecule has 2 nitrogen and oxygen atoms in total. The number of hydrogen-bond donors (Lipinski definition) is 2. The topological polar surface area (TPSA) is 32.3 Å². The summed E-state index contributed by atoms with van der Waals surface area (Å²) >= 11 is 0. The average Bonchev–Trinajstić information content (AvgIpc) is 3.12. The number of rotatable bonds is 6. The lowest BCUT2D eigenvalue weighted by Gasteiger charge is -2.19. The Hall–Kier alpha value is -1.02. The Bertz CT molecular complexity index is 342. The van der Waals surface area contributed by atoms with E-state index in [0.717, 1.165) is 18.8 Å². The molecule has 1 fully saturated rings. The number of phenolic OH excluding ortho intramolecular Hbond substituents is 1. The summed E-state index contributed by atoms with van der Waals surface area (Å²) in [5.41, 5.74) is 1.30. The SMILES string of the molecule is CC(CCc1ccc(O)cc1)NC(C)C1CC1. The molecule has 2 rings (SSSR count). The summed E-state index contributed by atoms with van der Waals surface area (Å²) in [7, 11) is 0. The van der Waals surface area contributed by atoms with Gasteiger partial charge >= 0.3 is 0 Å². The van der Waals surface area contributed by atoms with Crippen molar-refractivity contribution in [3.05, 3.63) is 29.8 Å². The number of aryl methyl sites for hydroxylation is 1. The van der Waals surface area contributed by atoms with Crippen LogP contribution in [-0.4, -0.2) is 17.2 Å². The maximum absolute atomic E-state index is 9.21. The molecule has 17 heavy (non-hydrogen) atoms. The number of nitrogens with one attached hydrogen (secondary N) is 1. The molecule has 0 spiro atoms. The van der Waals surface area contributed by atoms with Crippen molar-refractivity contribution in [2.24, 2.45) is 5.92 Å². The van der Waals surface area contributed by atoms with Gasteiger partial charge in [-0.2, -0.15) is 0 Å². The molecule has 1 aromatic carbocycles. The molecule has 2 unspecified atom stereocenters. The first-order valence-electron chi connectivity index (χ1n) is 6.69. The van der Waals surface area contributed by atoms with E-state index in [1.54, 1.807) is 12.1 Å². The quantitative estimate of drug-likeness (QED) is 0.791. The Kier molecular flexibility index (Phi) is 4.06. The lowest BCUT2D eigenvalue weighted by Crippen LogP contribution is -2.36. The van der Waals surface area contributed by atoms with E-state index in [1.807, 2.05) is 12.1 Å². The molecule has 2 atom stereocenters. The van der Waals surface area contributed by atoms with Gasteiger partial charge in [0.2, 0.25) is 0 Å². The fraction of sp³-hybridized carbons (Fsp3) is 0.600. The minimum Gasteiger partial charge on any atom is -0.508 e. The highest BCUT2D eigenvalue weighted by molar-refractivity contribution is 5.25. The molecule has 94 valence electrons. The molecule has 2 heteroatoms. The van der Waals surface area contributed by atoms with Gasteiger partial charge in [0.05, 0.1) is 0 Å². The molecular formula is C15H23NO. The Labute approximate surface area is 104 Å². The van der Waals surface area contributed by atoms with Gasteiger partial charge in [-0.1, -0.05) is 12.1 Å². The molecule has 0 saturated heterocycles. The zero-order valence-corrected chi connectivity index (χ0v) is 10.8. The maximum atomic E-state index is 9.21. The van der Waals surface area contributed by atoms with Crippen LogP contribution in [0.3, 0.4) is 0 Å². The molecule has 0 bridgehead atoms. The van der Waals surface area contributed by atoms with Crippen molar-refractivity contribution in [1.29, 1.82) is 0 Å². The number of phenols is 1. The number of benzene rings is 1. The summed E-state index contributed by atoms with van der Waals surface area (Å²) < 4.78 is 0. The summed E-state index contributed by atoms with van der Waals surface area (Å²) in [6.07, 6.45) is 5.03. The van der Waals surface area contributed by atoms with Gasteiger partial charge < -0.3 is 10.4 Å². The minimum atomic E-state index is 0.349. The largest absolute Gasteiger partial charge is 0.508 e. The molecule has 1 aliphatic rings. The Morgan fingerprint density at radius 1 is 1.24 bits per heavy atom. The van der Waals surface area contributed by atoms with E-state index in [4.69, 9.17) is 0 Å². The molecule has 2 N–H and O–H groups in total. The zero-order valence-electron chi connectivity index (χ0n) is 10.8. The first kappa shape index (κ1) is 12.4. The summed E-state index contributed by atoms with van der Waals surface area (Å²) in [4.78, 5) is 0. The number of hydrogen-bond acceptors (Lipinski definition) is 2. The molecule has 0 aliphatic heterocycles. The van der Waals surface area contributed by atoms with Gasteiger partial charge in [-0.15, -0.1) is 0 Å². The van der Waals surface area contributed by atoms with E-state index < -0.39 is 0 Å². The van der Waals surface area contributed by atoms with Crippen molar-refractivity contribution in [2.45, 2.75) is 51.6 Å².